The first kappa shape index (κ1) is 12.2. The average Bonchev–Trinajstić information content (AvgIpc) is 2.39. The highest BCUT2D eigenvalue weighted by molar-refractivity contribution is 9.10. The van der Waals surface area contributed by atoms with Crippen molar-refractivity contribution in [1.29, 1.82) is 0 Å². The van der Waals surface area contributed by atoms with Gasteiger partial charge in [-0.1, -0.05) is 40.2 Å². The molecule has 0 aliphatic carbocycles. The molecule has 0 unspecified atom stereocenters. The highest BCUT2D eigenvalue weighted by atomic mass is 79.9. The SMILES string of the molecule is C[C@@]1(c2ccc(Br)cc2)NC(=O)c2ccccc2N1. The zero-order valence-electron chi connectivity index (χ0n) is 10.4. The van der Waals surface area contributed by atoms with Crippen molar-refractivity contribution < 1.29 is 4.79 Å². The molecule has 1 amide bonds. The molecule has 96 valence electrons. The van der Waals surface area contributed by atoms with Crippen LogP contribution in [-0.2, 0) is 5.66 Å². The number of benzene rings is 2. The molecule has 0 saturated heterocycles. The van der Waals surface area contributed by atoms with Gasteiger partial charge in [-0.25, -0.2) is 0 Å². The fraction of sp³-hybridized carbons (Fsp3) is 0.133. The maximum Gasteiger partial charge on any atom is 0.255 e. The lowest BCUT2D eigenvalue weighted by Crippen LogP contribution is -2.52. The number of anilines is 1. The predicted octanol–water partition coefficient (Wildman–Crippen LogP) is 3.48. The minimum Gasteiger partial charge on any atom is -0.359 e. The lowest BCUT2D eigenvalue weighted by molar-refractivity contribution is 0.0906. The van der Waals surface area contributed by atoms with Gasteiger partial charge in [-0.3, -0.25) is 4.79 Å². The van der Waals surface area contributed by atoms with Gasteiger partial charge in [0, 0.05) is 10.2 Å². The Morgan fingerprint density at radius 2 is 1.68 bits per heavy atom. The van der Waals surface area contributed by atoms with Gasteiger partial charge in [0.2, 0.25) is 0 Å². The van der Waals surface area contributed by atoms with Crippen molar-refractivity contribution in [1.82, 2.24) is 5.32 Å². The Morgan fingerprint density at radius 3 is 2.42 bits per heavy atom. The summed E-state index contributed by atoms with van der Waals surface area (Å²) in [7, 11) is 0. The van der Waals surface area contributed by atoms with Crippen LogP contribution in [0.4, 0.5) is 5.69 Å². The third-order valence-corrected chi connectivity index (χ3v) is 3.87. The Morgan fingerprint density at radius 1 is 1.00 bits per heavy atom. The molecule has 1 aliphatic rings. The number of halogens is 1. The minimum absolute atomic E-state index is 0.0558. The first-order valence-electron chi connectivity index (χ1n) is 6.04. The second kappa shape index (κ2) is 4.38. The van der Waals surface area contributed by atoms with E-state index in [0.29, 0.717) is 5.56 Å². The van der Waals surface area contributed by atoms with Crippen LogP contribution < -0.4 is 10.6 Å². The first-order valence-corrected chi connectivity index (χ1v) is 6.83. The first-order chi connectivity index (χ1) is 9.08. The van der Waals surface area contributed by atoms with Crippen LogP contribution in [0.25, 0.3) is 0 Å². The van der Waals surface area contributed by atoms with Gasteiger partial charge in [0.1, 0.15) is 5.66 Å². The molecule has 1 aliphatic heterocycles. The molecule has 0 fully saturated rings. The summed E-state index contributed by atoms with van der Waals surface area (Å²) in [4.78, 5) is 12.2. The molecule has 3 rings (SSSR count). The molecule has 0 bridgehead atoms. The minimum atomic E-state index is -0.591. The van der Waals surface area contributed by atoms with Gasteiger partial charge in [-0.05, 0) is 36.8 Å². The number of carbonyl (C=O) groups excluding carboxylic acids is 1. The largest absolute Gasteiger partial charge is 0.359 e. The fourth-order valence-corrected chi connectivity index (χ4v) is 2.58. The van der Waals surface area contributed by atoms with Crippen molar-refractivity contribution in [3.63, 3.8) is 0 Å². The Hall–Kier alpha value is -1.81. The van der Waals surface area contributed by atoms with Crippen LogP contribution in [0.1, 0.15) is 22.8 Å². The number of nitrogens with one attached hydrogen (secondary N) is 2. The Bertz CT molecular complexity index is 639. The van der Waals surface area contributed by atoms with Gasteiger partial charge in [0.05, 0.1) is 5.56 Å². The number of hydrogen-bond donors (Lipinski definition) is 2. The lowest BCUT2D eigenvalue weighted by atomic mass is 9.96. The van der Waals surface area contributed by atoms with E-state index in [2.05, 4.69) is 26.6 Å². The normalized spacial score (nSPS) is 21.3. The van der Waals surface area contributed by atoms with Gasteiger partial charge < -0.3 is 10.6 Å². The van der Waals surface area contributed by atoms with Crippen LogP contribution in [0.15, 0.2) is 53.0 Å². The van der Waals surface area contributed by atoms with Gasteiger partial charge in [0.25, 0.3) is 5.91 Å². The smallest absolute Gasteiger partial charge is 0.255 e. The van der Waals surface area contributed by atoms with E-state index < -0.39 is 5.66 Å². The Balaban J connectivity index is 2.04. The zero-order valence-corrected chi connectivity index (χ0v) is 12.0. The molecule has 0 spiro atoms. The standard InChI is InChI=1S/C15H13BrN2O/c1-15(10-6-8-11(16)9-7-10)17-13-5-3-2-4-12(13)14(19)18-15/h2-9,17H,1H3,(H,18,19)/t15-/m0/s1. The van der Waals surface area contributed by atoms with Gasteiger partial charge in [0.15, 0.2) is 0 Å². The van der Waals surface area contributed by atoms with E-state index in [1.807, 2.05) is 55.5 Å². The molecule has 0 radical (unpaired) electrons. The van der Waals surface area contributed by atoms with E-state index in [0.717, 1.165) is 15.7 Å². The second-order valence-corrected chi connectivity index (χ2v) is 5.67. The number of hydrogen-bond acceptors (Lipinski definition) is 2. The number of amides is 1. The number of para-hydroxylation sites is 1. The summed E-state index contributed by atoms with van der Waals surface area (Å²) in [6.45, 7) is 1.96. The van der Waals surface area contributed by atoms with Crippen molar-refractivity contribution >= 4 is 27.5 Å². The molecule has 0 aromatic heterocycles. The van der Waals surface area contributed by atoms with E-state index in [1.54, 1.807) is 0 Å². The Labute approximate surface area is 120 Å². The van der Waals surface area contributed by atoms with E-state index in [1.165, 1.54) is 0 Å². The molecule has 2 aromatic rings. The lowest BCUT2D eigenvalue weighted by Gasteiger charge is -2.38. The average molecular weight is 317 g/mol. The monoisotopic (exact) mass is 316 g/mol. The molecular formula is C15H13BrN2O. The molecule has 1 atom stereocenters. The van der Waals surface area contributed by atoms with Crippen LogP contribution in [0, 0.1) is 0 Å². The summed E-state index contributed by atoms with van der Waals surface area (Å²) in [6.07, 6.45) is 0. The molecule has 1 heterocycles. The van der Waals surface area contributed by atoms with Crippen molar-refractivity contribution in [3.8, 4) is 0 Å². The maximum absolute atomic E-state index is 12.2. The number of rotatable bonds is 1. The van der Waals surface area contributed by atoms with E-state index in [-0.39, 0.29) is 5.91 Å². The zero-order chi connectivity index (χ0) is 13.5. The summed E-state index contributed by atoms with van der Waals surface area (Å²) in [5.41, 5.74) is 1.96. The van der Waals surface area contributed by atoms with Crippen LogP contribution in [-0.4, -0.2) is 5.91 Å². The Kier molecular flexibility index (Phi) is 2.82. The molecule has 2 N–H and O–H groups in total. The van der Waals surface area contributed by atoms with Crippen LogP contribution >= 0.6 is 15.9 Å². The third-order valence-electron chi connectivity index (χ3n) is 3.34. The predicted molar refractivity (Wildman–Crippen MR) is 79.0 cm³/mol. The van der Waals surface area contributed by atoms with Crippen LogP contribution in [0.5, 0.6) is 0 Å². The summed E-state index contributed by atoms with van der Waals surface area (Å²) in [5, 5.41) is 6.41. The van der Waals surface area contributed by atoms with Crippen molar-refractivity contribution in [2.75, 3.05) is 5.32 Å². The van der Waals surface area contributed by atoms with Crippen molar-refractivity contribution in [2.45, 2.75) is 12.6 Å². The van der Waals surface area contributed by atoms with Gasteiger partial charge >= 0.3 is 0 Å². The van der Waals surface area contributed by atoms with Crippen LogP contribution in [0.2, 0.25) is 0 Å². The fourth-order valence-electron chi connectivity index (χ4n) is 2.31. The second-order valence-electron chi connectivity index (χ2n) is 4.76. The number of fused-ring (bicyclic) bond motifs is 1. The molecule has 4 heteroatoms. The van der Waals surface area contributed by atoms with Crippen molar-refractivity contribution in [2.24, 2.45) is 0 Å². The van der Waals surface area contributed by atoms with Gasteiger partial charge in [-0.2, -0.15) is 0 Å². The van der Waals surface area contributed by atoms with Crippen molar-refractivity contribution in [3.05, 3.63) is 64.1 Å². The molecule has 0 saturated carbocycles. The van der Waals surface area contributed by atoms with Crippen LogP contribution in [0.3, 0.4) is 0 Å². The summed E-state index contributed by atoms with van der Waals surface area (Å²) in [6, 6.07) is 15.4. The maximum atomic E-state index is 12.2. The third kappa shape index (κ3) is 2.12. The highest BCUT2D eigenvalue weighted by Gasteiger charge is 2.34. The summed E-state index contributed by atoms with van der Waals surface area (Å²) >= 11 is 3.42. The molecule has 3 nitrogen and oxygen atoms in total. The highest BCUT2D eigenvalue weighted by Crippen LogP contribution is 2.31. The molecule has 2 aromatic carbocycles. The van der Waals surface area contributed by atoms with E-state index in [9.17, 15) is 4.79 Å². The number of carbonyl (C=O) groups is 1. The molecular weight excluding hydrogens is 304 g/mol. The topological polar surface area (TPSA) is 41.1 Å². The van der Waals surface area contributed by atoms with Gasteiger partial charge in [-0.15, -0.1) is 0 Å². The summed E-state index contributed by atoms with van der Waals surface area (Å²) < 4.78 is 1.02. The van der Waals surface area contributed by atoms with E-state index in [4.69, 9.17) is 0 Å². The summed E-state index contributed by atoms with van der Waals surface area (Å²) in [5.74, 6) is -0.0558. The molecule has 19 heavy (non-hydrogen) atoms. The quantitative estimate of drug-likeness (QED) is 0.845. The van der Waals surface area contributed by atoms with E-state index >= 15 is 0 Å².